The maximum atomic E-state index is 12.7. The number of nitrogens with one attached hydrogen (secondary N) is 1. The monoisotopic (exact) mass is 408 g/mol. The Morgan fingerprint density at radius 3 is 1.83 bits per heavy atom. The van der Waals surface area contributed by atoms with Gasteiger partial charge in [-0.25, -0.2) is 0 Å². The number of fused-ring (bicyclic) bond motifs is 1. The van der Waals surface area contributed by atoms with E-state index in [9.17, 15) is 9.59 Å². The van der Waals surface area contributed by atoms with Gasteiger partial charge in [-0.05, 0) is 62.3 Å². The van der Waals surface area contributed by atoms with Gasteiger partial charge in [-0.3, -0.25) is 14.5 Å². The topological polar surface area (TPSA) is 67.6 Å². The predicted molar refractivity (Wildman–Crippen MR) is 112 cm³/mol. The van der Waals surface area contributed by atoms with Crippen LogP contribution in [0.2, 0.25) is 0 Å². The molecule has 0 aromatic heterocycles. The van der Waals surface area contributed by atoms with Crippen LogP contribution in [0.25, 0.3) is 0 Å². The Labute approximate surface area is 176 Å². The molecule has 3 heterocycles. The number of carbonyl (C=O) groups is 2. The highest BCUT2D eigenvalue weighted by molar-refractivity contribution is 5.94. The van der Waals surface area contributed by atoms with E-state index in [2.05, 4.69) is 65.6 Å². The van der Waals surface area contributed by atoms with Crippen LogP contribution in [0.5, 0.6) is 0 Å². The molecule has 3 rings (SSSR count). The third kappa shape index (κ3) is 4.63. The van der Waals surface area contributed by atoms with Crippen molar-refractivity contribution in [3.05, 3.63) is 0 Å². The molecule has 6 nitrogen and oxygen atoms in total. The van der Waals surface area contributed by atoms with E-state index >= 15 is 0 Å². The molecule has 6 heteroatoms. The number of nitrogens with zero attached hydrogens (tertiary/aromatic N) is 1. The zero-order valence-electron chi connectivity index (χ0n) is 19.7. The Morgan fingerprint density at radius 1 is 0.862 bits per heavy atom. The normalized spacial score (nSPS) is 35.1. The van der Waals surface area contributed by atoms with Gasteiger partial charge < -0.3 is 14.8 Å². The van der Waals surface area contributed by atoms with Gasteiger partial charge in [0.1, 0.15) is 12.2 Å². The van der Waals surface area contributed by atoms with Crippen LogP contribution in [0.3, 0.4) is 0 Å². The van der Waals surface area contributed by atoms with Crippen molar-refractivity contribution < 1.29 is 19.1 Å². The summed E-state index contributed by atoms with van der Waals surface area (Å²) in [6, 6.07) is 0.436. The van der Waals surface area contributed by atoms with Gasteiger partial charge in [0.2, 0.25) is 0 Å². The van der Waals surface area contributed by atoms with Gasteiger partial charge in [-0.2, -0.15) is 0 Å². The first-order chi connectivity index (χ1) is 13.0. The van der Waals surface area contributed by atoms with Crippen LogP contribution in [0.1, 0.15) is 88.0 Å². The highest BCUT2D eigenvalue weighted by atomic mass is 16.6. The van der Waals surface area contributed by atoms with Crippen molar-refractivity contribution in [1.29, 1.82) is 0 Å². The fourth-order valence-electron chi connectivity index (χ4n) is 6.18. The number of hydrogen-bond acceptors (Lipinski definition) is 6. The number of ether oxygens (including phenoxy) is 2. The van der Waals surface area contributed by atoms with Crippen molar-refractivity contribution in [2.45, 2.75) is 128 Å². The molecule has 0 aliphatic carbocycles. The van der Waals surface area contributed by atoms with Crippen molar-refractivity contribution in [3.8, 4) is 0 Å². The van der Waals surface area contributed by atoms with Crippen molar-refractivity contribution in [2.24, 2.45) is 5.92 Å². The van der Waals surface area contributed by atoms with E-state index in [1.807, 2.05) is 0 Å². The minimum atomic E-state index is -0.899. The summed E-state index contributed by atoms with van der Waals surface area (Å²) in [4.78, 5) is 27.9. The molecule has 0 amide bonds. The second-order valence-electron chi connectivity index (χ2n) is 11.9. The number of hydrogen-bond donors (Lipinski definition) is 1. The third-order valence-corrected chi connectivity index (χ3v) is 6.97. The molecular formula is C23H40N2O4. The van der Waals surface area contributed by atoms with Crippen LogP contribution in [0, 0.1) is 5.92 Å². The lowest BCUT2D eigenvalue weighted by Gasteiger charge is -2.46. The highest BCUT2D eigenvalue weighted by Gasteiger charge is 2.64. The summed E-state index contributed by atoms with van der Waals surface area (Å²) in [6.07, 6.45) is 2.74. The summed E-state index contributed by atoms with van der Waals surface area (Å²) in [5.74, 6) is -1.84. The Kier molecular flexibility index (Phi) is 5.40. The number of esters is 2. The van der Waals surface area contributed by atoms with Crippen LogP contribution < -0.4 is 5.32 Å². The Balaban J connectivity index is 1.56. The summed E-state index contributed by atoms with van der Waals surface area (Å²) in [7, 11) is 0. The van der Waals surface area contributed by atoms with Gasteiger partial charge in [0, 0.05) is 53.9 Å². The Morgan fingerprint density at radius 2 is 1.34 bits per heavy atom. The number of rotatable bonds is 4. The molecule has 3 saturated heterocycles. The van der Waals surface area contributed by atoms with E-state index < -0.39 is 17.9 Å². The standard InChI is InChI=1S/C23H40N2O4/c1-14(19(27)29-16-11-20(2,3)24-21(4,5)12-16)18(26)28-15-10-17-23(8,9)25(17)22(6,7)13-15/h14-17,24H,10-13H2,1-9H3. The lowest BCUT2D eigenvalue weighted by atomic mass is 9.81. The molecule has 0 aromatic rings. The third-order valence-electron chi connectivity index (χ3n) is 6.97. The van der Waals surface area contributed by atoms with E-state index in [4.69, 9.17) is 9.47 Å². The molecule has 4 atom stereocenters. The molecule has 3 aliphatic rings. The predicted octanol–water partition coefficient (Wildman–Crippen LogP) is 3.42. The van der Waals surface area contributed by atoms with E-state index in [1.165, 1.54) is 0 Å². The molecule has 29 heavy (non-hydrogen) atoms. The van der Waals surface area contributed by atoms with Gasteiger partial charge in [0.15, 0.2) is 5.92 Å². The lowest BCUT2D eigenvalue weighted by Crippen LogP contribution is -2.59. The molecule has 0 radical (unpaired) electrons. The maximum absolute atomic E-state index is 12.7. The molecule has 166 valence electrons. The van der Waals surface area contributed by atoms with Gasteiger partial charge in [-0.15, -0.1) is 0 Å². The fourth-order valence-corrected chi connectivity index (χ4v) is 6.18. The van der Waals surface area contributed by atoms with Gasteiger partial charge in [0.05, 0.1) is 0 Å². The first-order valence-electron chi connectivity index (χ1n) is 11.0. The maximum Gasteiger partial charge on any atom is 0.320 e. The molecule has 0 spiro atoms. The lowest BCUT2D eigenvalue weighted by molar-refractivity contribution is -0.170. The zero-order chi connectivity index (χ0) is 22.0. The first-order valence-corrected chi connectivity index (χ1v) is 11.0. The van der Waals surface area contributed by atoms with Gasteiger partial charge in [0.25, 0.3) is 0 Å². The highest BCUT2D eigenvalue weighted by Crippen LogP contribution is 2.54. The summed E-state index contributed by atoms with van der Waals surface area (Å²) in [6.45, 7) is 18.9. The van der Waals surface area contributed by atoms with E-state index in [0.717, 1.165) is 25.7 Å². The second-order valence-corrected chi connectivity index (χ2v) is 11.9. The molecule has 4 unspecified atom stereocenters. The van der Waals surface area contributed by atoms with Crippen LogP contribution in [0.4, 0.5) is 0 Å². The Hall–Kier alpha value is -1.14. The summed E-state index contributed by atoms with van der Waals surface area (Å²) >= 11 is 0. The molecule has 0 bridgehead atoms. The van der Waals surface area contributed by atoms with E-state index in [-0.39, 0.29) is 34.4 Å². The molecule has 0 saturated carbocycles. The molecule has 3 fully saturated rings. The average Bonchev–Trinajstić information content (AvgIpc) is 3.04. The fraction of sp³-hybridized carbons (Fsp3) is 0.913. The molecule has 3 aliphatic heterocycles. The smallest absolute Gasteiger partial charge is 0.320 e. The summed E-state index contributed by atoms with van der Waals surface area (Å²) < 4.78 is 11.5. The number of piperidine rings is 2. The zero-order valence-corrected chi connectivity index (χ0v) is 19.7. The van der Waals surface area contributed by atoms with Crippen LogP contribution in [-0.2, 0) is 19.1 Å². The number of carbonyl (C=O) groups excluding carboxylic acids is 2. The van der Waals surface area contributed by atoms with Crippen molar-refractivity contribution in [1.82, 2.24) is 10.2 Å². The largest absolute Gasteiger partial charge is 0.462 e. The van der Waals surface area contributed by atoms with Crippen LogP contribution in [0.15, 0.2) is 0 Å². The average molecular weight is 409 g/mol. The van der Waals surface area contributed by atoms with E-state index in [1.54, 1.807) is 6.92 Å². The minimum absolute atomic E-state index is 0.00657. The summed E-state index contributed by atoms with van der Waals surface area (Å²) in [5, 5.41) is 3.58. The van der Waals surface area contributed by atoms with Crippen molar-refractivity contribution in [3.63, 3.8) is 0 Å². The second kappa shape index (κ2) is 6.94. The van der Waals surface area contributed by atoms with Crippen molar-refractivity contribution in [2.75, 3.05) is 0 Å². The van der Waals surface area contributed by atoms with Crippen molar-refractivity contribution >= 4 is 11.9 Å². The SMILES string of the molecule is CC(C(=O)OC1CC(C)(C)NC(C)(C)C1)C(=O)OC1CC2N(C(C)(C)C1)C2(C)C. The first kappa shape index (κ1) is 22.5. The molecule has 1 N–H and O–H groups in total. The van der Waals surface area contributed by atoms with E-state index in [0.29, 0.717) is 6.04 Å². The summed E-state index contributed by atoms with van der Waals surface area (Å²) in [5.41, 5.74) is -0.0860. The molecular weight excluding hydrogens is 368 g/mol. The minimum Gasteiger partial charge on any atom is -0.462 e. The van der Waals surface area contributed by atoms with Gasteiger partial charge in [-0.1, -0.05) is 0 Å². The van der Waals surface area contributed by atoms with Crippen LogP contribution in [-0.4, -0.2) is 57.2 Å². The quantitative estimate of drug-likeness (QED) is 0.437. The van der Waals surface area contributed by atoms with Crippen LogP contribution >= 0.6 is 0 Å². The Bertz CT molecular complexity index is 666. The van der Waals surface area contributed by atoms with Gasteiger partial charge >= 0.3 is 11.9 Å². The molecule has 0 aromatic carbocycles.